The fourth-order valence-electron chi connectivity index (χ4n) is 3.96. The SMILES string of the molecule is Cc1nccc(-c2ccc3nc(Nc4cc(SN5CCN(C(=O)CC(F)(F)F)CC5)ccn4)[nH]c3c2)n1. The highest BCUT2D eigenvalue weighted by atomic mass is 32.2. The van der Waals surface area contributed by atoms with Crippen molar-refractivity contribution in [2.75, 3.05) is 31.5 Å². The van der Waals surface area contributed by atoms with Crippen molar-refractivity contribution in [3.8, 4) is 11.3 Å². The van der Waals surface area contributed by atoms with Crippen LogP contribution in [0.4, 0.5) is 24.9 Å². The lowest BCUT2D eigenvalue weighted by Gasteiger charge is -2.34. The summed E-state index contributed by atoms with van der Waals surface area (Å²) < 4.78 is 39.5. The van der Waals surface area contributed by atoms with Crippen molar-refractivity contribution < 1.29 is 18.0 Å². The predicted octanol–water partition coefficient (Wildman–Crippen LogP) is 4.57. The number of hydrogen-bond acceptors (Lipinski definition) is 8. The fourth-order valence-corrected chi connectivity index (χ4v) is 4.89. The van der Waals surface area contributed by atoms with Gasteiger partial charge in [-0.3, -0.25) is 4.79 Å². The van der Waals surface area contributed by atoms with Crippen LogP contribution in [0.3, 0.4) is 0 Å². The minimum atomic E-state index is -4.48. The number of benzene rings is 1. The molecule has 0 aliphatic carbocycles. The Morgan fingerprint density at radius 2 is 1.84 bits per heavy atom. The van der Waals surface area contributed by atoms with Gasteiger partial charge in [-0.2, -0.15) is 13.2 Å². The highest BCUT2D eigenvalue weighted by Crippen LogP contribution is 2.28. The van der Waals surface area contributed by atoms with E-state index in [0.29, 0.717) is 30.7 Å². The van der Waals surface area contributed by atoms with Gasteiger partial charge in [-0.05, 0) is 49.2 Å². The summed E-state index contributed by atoms with van der Waals surface area (Å²) in [5, 5.41) is 3.19. The van der Waals surface area contributed by atoms with Gasteiger partial charge in [-0.25, -0.2) is 24.2 Å². The first-order valence-electron chi connectivity index (χ1n) is 11.5. The molecule has 0 bridgehead atoms. The Labute approximate surface area is 214 Å². The van der Waals surface area contributed by atoms with Crippen molar-refractivity contribution in [2.24, 2.45) is 0 Å². The van der Waals surface area contributed by atoms with Gasteiger partial charge < -0.3 is 15.2 Å². The summed E-state index contributed by atoms with van der Waals surface area (Å²) >= 11 is 1.47. The van der Waals surface area contributed by atoms with Crippen LogP contribution >= 0.6 is 11.9 Å². The molecule has 0 spiro atoms. The first kappa shape index (κ1) is 25.0. The molecule has 4 aromatic rings. The van der Waals surface area contributed by atoms with Crippen LogP contribution in [0.25, 0.3) is 22.3 Å². The van der Waals surface area contributed by atoms with Gasteiger partial charge in [-0.1, -0.05) is 6.07 Å². The van der Waals surface area contributed by atoms with E-state index in [-0.39, 0.29) is 13.1 Å². The number of aryl methyl sites for hydroxylation is 1. The number of amides is 1. The molecule has 1 amide bonds. The highest BCUT2D eigenvalue weighted by molar-refractivity contribution is 7.97. The van der Waals surface area contributed by atoms with Gasteiger partial charge in [0.1, 0.15) is 18.1 Å². The average Bonchev–Trinajstić information content (AvgIpc) is 3.25. The van der Waals surface area contributed by atoms with Crippen molar-refractivity contribution >= 4 is 40.7 Å². The molecule has 9 nitrogen and oxygen atoms in total. The van der Waals surface area contributed by atoms with E-state index >= 15 is 0 Å². The van der Waals surface area contributed by atoms with Crippen molar-refractivity contribution in [3.05, 3.63) is 54.6 Å². The lowest BCUT2D eigenvalue weighted by Crippen LogP contribution is -2.47. The minimum absolute atomic E-state index is 0.258. The zero-order valence-corrected chi connectivity index (χ0v) is 20.6. The number of anilines is 2. The van der Waals surface area contributed by atoms with E-state index in [1.807, 2.05) is 47.6 Å². The van der Waals surface area contributed by atoms with Crippen LogP contribution in [-0.4, -0.2) is 72.4 Å². The monoisotopic (exact) mass is 528 g/mol. The molecule has 1 aliphatic heterocycles. The topological polar surface area (TPSA) is 103 Å². The standard InChI is InChI=1S/C24H23F3N8OS/c1-15-28-7-5-18(30-15)16-2-3-19-20(12-16)32-23(31-19)33-21-13-17(4-6-29-21)37-35-10-8-34(9-11-35)22(36)14-24(25,26)27/h2-7,12-13H,8-11,14H2,1H3,(H2,29,31,32,33). The first-order valence-corrected chi connectivity index (χ1v) is 12.3. The molecule has 3 aromatic heterocycles. The third-order valence-electron chi connectivity index (χ3n) is 5.71. The molecule has 1 fully saturated rings. The van der Waals surface area contributed by atoms with E-state index in [4.69, 9.17) is 0 Å². The number of hydrogen-bond donors (Lipinski definition) is 2. The van der Waals surface area contributed by atoms with Crippen LogP contribution < -0.4 is 5.32 Å². The maximum absolute atomic E-state index is 12.5. The van der Waals surface area contributed by atoms with E-state index in [1.165, 1.54) is 16.8 Å². The molecule has 1 aromatic carbocycles. The number of nitrogens with one attached hydrogen (secondary N) is 2. The summed E-state index contributed by atoms with van der Waals surface area (Å²) in [6, 6.07) is 11.4. The second kappa shape index (κ2) is 10.3. The Balaban J connectivity index is 1.21. The van der Waals surface area contributed by atoms with Crippen molar-refractivity contribution in [1.82, 2.24) is 34.1 Å². The summed E-state index contributed by atoms with van der Waals surface area (Å²) in [4.78, 5) is 34.8. The first-order chi connectivity index (χ1) is 17.7. The molecule has 4 heterocycles. The molecule has 1 saturated heterocycles. The van der Waals surface area contributed by atoms with E-state index < -0.39 is 18.5 Å². The van der Waals surface area contributed by atoms with E-state index in [9.17, 15) is 18.0 Å². The summed E-state index contributed by atoms with van der Waals surface area (Å²) in [7, 11) is 0. The van der Waals surface area contributed by atoms with E-state index in [1.54, 1.807) is 12.4 Å². The molecule has 0 unspecified atom stereocenters. The van der Waals surface area contributed by atoms with Gasteiger partial charge in [0.25, 0.3) is 0 Å². The molecule has 37 heavy (non-hydrogen) atoms. The third kappa shape index (κ3) is 6.35. The Morgan fingerprint density at radius 3 is 2.59 bits per heavy atom. The van der Waals surface area contributed by atoms with Crippen LogP contribution in [0.5, 0.6) is 0 Å². The zero-order chi connectivity index (χ0) is 26.0. The van der Waals surface area contributed by atoms with Crippen LogP contribution in [0.2, 0.25) is 0 Å². The van der Waals surface area contributed by atoms with Crippen molar-refractivity contribution in [3.63, 3.8) is 0 Å². The fraction of sp³-hybridized carbons (Fsp3) is 0.292. The number of nitrogens with zero attached hydrogens (tertiary/aromatic N) is 6. The minimum Gasteiger partial charge on any atom is -0.340 e. The number of imidazole rings is 1. The maximum Gasteiger partial charge on any atom is 0.397 e. The lowest BCUT2D eigenvalue weighted by molar-refractivity contribution is -0.162. The highest BCUT2D eigenvalue weighted by Gasteiger charge is 2.34. The van der Waals surface area contributed by atoms with Crippen LogP contribution in [-0.2, 0) is 4.79 Å². The second-order valence-corrected chi connectivity index (χ2v) is 9.67. The number of H-pyrrole nitrogens is 1. The van der Waals surface area contributed by atoms with Crippen LogP contribution in [0.1, 0.15) is 12.2 Å². The normalized spacial score (nSPS) is 14.8. The number of rotatable bonds is 6. The van der Waals surface area contributed by atoms with Crippen molar-refractivity contribution in [1.29, 1.82) is 0 Å². The molecule has 0 saturated carbocycles. The number of aromatic amines is 1. The molecular formula is C24H23F3N8OS. The van der Waals surface area contributed by atoms with E-state index in [0.717, 1.165) is 27.2 Å². The number of pyridine rings is 1. The molecule has 5 rings (SSSR count). The number of carbonyl (C=O) groups is 1. The number of piperazine rings is 1. The lowest BCUT2D eigenvalue weighted by atomic mass is 10.1. The number of alkyl halides is 3. The molecule has 192 valence electrons. The quantitative estimate of drug-likeness (QED) is 0.351. The Kier molecular flexibility index (Phi) is 6.98. The van der Waals surface area contributed by atoms with Gasteiger partial charge in [0.05, 0.1) is 16.7 Å². The molecule has 13 heteroatoms. The summed E-state index contributed by atoms with van der Waals surface area (Å²) in [5.74, 6) is 0.954. The summed E-state index contributed by atoms with van der Waals surface area (Å²) in [5.41, 5.74) is 3.42. The second-order valence-electron chi connectivity index (χ2n) is 8.50. The number of fused-ring (bicyclic) bond motifs is 1. The third-order valence-corrected chi connectivity index (χ3v) is 6.80. The zero-order valence-electron chi connectivity index (χ0n) is 19.8. The van der Waals surface area contributed by atoms with Gasteiger partial charge in [0.2, 0.25) is 11.9 Å². The molecule has 1 aliphatic rings. The van der Waals surface area contributed by atoms with Crippen LogP contribution in [0, 0.1) is 6.92 Å². The maximum atomic E-state index is 12.5. The molecule has 0 radical (unpaired) electrons. The molecule has 0 atom stereocenters. The molecule has 2 N–H and O–H groups in total. The number of aromatic nitrogens is 5. The van der Waals surface area contributed by atoms with E-state index in [2.05, 4.69) is 30.2 Å². The van der Waals surface area contributed by atoms with Crippen LogP contribution in [0.15, 0.2) is 53.7 Å². The predicted molar refractivity (Wildman–Crippen MR) is 134 cm³/mol. The summed E-state index contributed by atoms with van der Waals surface area (Å²) in [6.45, 7) is 3.30. The smallest absolute Gasteiger partial charge is 0.340 e. The van der Waals surface area contributed by atoms with Gasteiger partial charge in [0, 0.05) is 49.0 Å². The average molecular weight is 529 g/mol. The number of carbonyl (C=O) groups excluding carboxylic acids is 1. The Hall–Kier alpha value is -3.71. The van der Waals surface area contributed by atoms with Gasteiger partial charge in [0.15, 0.2) is 0 Å². The van der Waals surface area contributed by atoms with Gasteiger partial charge in [-0.15, -0.1) is 0 Å². The van der Waals surface area contributed by atoms with Gasteiger partial charge >= 0.3 is 6.18 Å². The molecular weight excluding hydrogens is 505 g/mol. The Morgan fingerprint density at radius 1 is 1.05 bits per heavy atom. The Bertz CT molecular complexity index is 1420. The number of halogens is 3. The summed E-state index contributed by atoms with van der Waals surface area (Å²) in [6.07, 6.45) is -2.50. The largest absolute Gasteiger partial charge is 0.397 e. The van der Waals surface area contributed by atoms with Crippen molar-refractivity contribution in [2.45, 2.75) is 24.4 Å².